The molecule has 1 unspecified atom stereocenters. The molecule has 1 rings (SSSR count). The summed E-state index contributed by atoms with van der Waals surface area (Å²) in [6.07, 6.45) is 1.03. The van der Waals surface area contributed by atoms with Gasteiger partial charge >= 0.3 is 5.97 Å². The largest absolute Gasteiger partial charge is 0.478 e. The molecule has 1 aromatic rings. The molecule has 0 bridgehead atoms. The zero-order valence-electron chi connectivity index (χ0n) is 8.04. The Morgan fingerprint density at radius 3 is 2.13 bits per heavy atom. The number of nitrogens with two attached hydrogens (primary N) is 1. The predicted octanol–water partition coefficient (Wildman–Crippen LogP) is 0.387. The van der Waals surface area contributed by atoms with Gasteiger partial charge in [-0.25, -0.2) is 13.2 Å². The summed E-state index contributed by atoms with van der Waals surface area (Å²) in [7, 11) is -3.36. The van der Waals surface area contributed by atoms with Crippen LogP contribution in [0.2, 0.25) is 0 Å². The van der Waals surface area contributed by atoms with Crippen molar-refractivity contribution in [3.63, 3.8) is 0 Å². The van der Waals surface area contributed by atoms with E-state index in [2.05, 4.69) is 0 Å². The molecule has 1 aromatic carbocycles. The molecule has 0 amide bonds. The monoisotopic (exact) mass is 229 g/mol. The van der Waals surface area contributed by atoms with Crippen molar-refractivity contribution >= 4 is 15.8 Å². The highest BCUT2D eigenvalue weighted by atomic mass is 32.2. The summed E-state index contributed by atoms with van der Waals surface area (Å²) in [5, 5.41) is 7.51. The van der Waals surface area contributed by atoms with Gasteiger partial charge in [0.2, 0.25) is 0 Å². The molecule has 82 valence electrons. The van der Waals surface area contributed by atoms with Crippen LogP contribution in [0.5, 0.6) is 0 Å². The Hall–Kier alpha value is -1.40. The van der Waals surface area contributed by atoms with Crippen molar-refractivity contribution in [1.29, 1.82) is 0 Å². The van der Waals surface area contributed by atoms with Crippen molar-refractivity contribution < 1.29 is 18.3 Å². The molecule has 0 spiro atoms. The average molecular weight is 229 g/mol. The standard InChI is InChI=1S/C9H11NO4S/c1-15(13,14)8(10)6-2-4-7(5-3-6)9(11)12/h2-5,8H,10H2,1H3,(H,11,12). The molecule has 3 N–H and O–H groups in total. The minimum absolute atomic E-state index is 0.0967. The van der Waals surface area contributed by atoms with Crippen molar-refractivity contribution in [3.8, 4) is 0 Å². The van der Waals surface area contributed by atoms with Crippen molar-refractivity contribution in [2.24, 2.45) is 5.73 Å². The number of carboxylic acids is 1. The number of rotatable bonds is 3. The molecule has 0 aliphatic carbocycles. The molecule has 5 nitrogen and oxygen atoms in total. The molecule has 0 fully saturated rings. The lowest BCUT2D eigenvalue weighted by Crippen LogP contribution is -2.20. The zero-order valence-corrected chi connectivity index (χ0v) is 8.86. The second-order valence-electron chi connectivity index (χ2n) is 3.18. The number of hydrogen-bond donors (Lipinski definition) is 2. The number of sulfone groups is 1. The molecule has 0 aliphatic rings. The Morgan fingerprint density at radius 1 is 1.33 bits per heavy atom. The molecule has 0 saturated heterocycles. The summed E-state index contributed by atoms with van der Waals surface area (Å²) in [6, 6.07) is 5.44. The molecule has 15 heavy (non-hydrogen) atoms. The molecule has 0 radical (unpaired) electrons. The highest BCUT2D eigenvalue weighted by Gasteiger charge is 2.17. The molecule has 0 aliphatic heterocycles. The first-order chi connectivity index (χ1) is 6.82. The number of carboxylic acid groups (broad SMARTS) is 1. The smallest absolute Gasteiger partial charge is 0.335 e. The van der Waals surface area contributed by atoms with Gasteiger partial charge in [0.05, 0.1) is 5.56 Å². The first-order valence-electron chi connectivity index (χ1n) is 4.10. The van der Waals surface area contributed by atoms with Gasteiger partial charge in [0, 0.05) is 6.26 Å². The molecular weight excluding hydrogens is 218 g/mol. The first kappa shape index (κ1) is 11.7. The minimum Gasteiger partial charge on any atom is -0.478 e. The van der Waals surface area contributed by atoms with Crippen LogP contribution in [0.15, 0.2) is 24.3 Å². The van der Waals surface area contributed by atoms with Crippen molar-refractivity contribution in [2.45, 2.75) is 5.37 Å². The summed E-state index contributed by atoms with van der Waals surface area (Å²) in [5.74, 6) is -1.06. The van der Waals surface area contributed by atoms with E-state index in [4.69, 9.17) is 10.8 Å². The Labute approximate surface area is 87.4 Å². The maximum absolute atomic E-state index is 11.1. The summed E-state index contributed by atoms with van der Waals surface area (Å²) < 4.78 is 22.2. The normalized spacial score (nSPS) is 13.5. The molecule has 0 heterocycles. The number of benzene rings is 1. The highest BCUT2D eigenvalue weighted by Crippen LogP contribution is 2.16. The topological polar surface area (TPSA) is 97.5 Å². The quantitative estimate of drug-likeness (QED) is 0.781. The van der Waals surface area contributed by atoms with E-state index in [1.54, 1.807) is 0 Å². The van der Waals surface area contributed by atoms with Crippen LogP contribution in [0.25, 0.3) is 0 Å². The van der Waals surface area contributed by atoms with Gasteiger partial charge in [-0.15, -0.1) is 0 Å². The van der Waals surface area contributed by atoms with E-state index in [0.717, 1.165) is 6.26 Å². The third-order valence-electron chi connectivity index (χ3n) is 1.95. The highest BCUT2D eigenvalue weighted by molar-refractivity contribution is 7.90. The van der Waals surface area contributed by atoms with E-state index in [9.17, 15) is 13.2 Å². The second kappa shape index (κ2) is 4.00. The van der Waals surface area contributed by atoms with Crippen LogP contribution in [0, 0.1) is 0 Å². The van der Waals surface area contributed by atoms with Crippen molar-refractivity contribution in [3.05, 3.63) is 35.4 Å². The Bertz CT molecular complexity index is 463. The molecule has 0 aromatic heterocycles. The number of carbonyl (C=O) groups is 1. The maximum atomic E-state index is 11.1. The van der Waals surface area contributed by atoms with Crippen LogP contribution >= 0.6 is 0 Å². The van der Waals surface area contributed by atoms with Gasteiger partial charge in [-0.1, -0.05) is 12.1 Å². The van der Waals surface area contributed by atoms with Crippen LogP contribution in [-0.2, 0) is 9.84 Å². The Kier molecular flexibility index (Phi) is 3.11. The van der Waals surface area contributed by atoms with Gasteiger partial charge in [0.1, 0.15) is 5.37 Å². The van der Waals surface area contributed by atoms with E-state index < -0.39 is 21.2 Å². The fraction of sp³-hybridized carbons (Fsp3) is 0.222. The average Bonchev–Trinajstić information content (AvgIpc) is 2.15. The van der Waals surface area contributed by atoms with Crippen LogP contribution in [-0.4, -0.2) is 25.7 Å². The lowest BCUT2D eigenvalue weighted by atomic mass is 10.1. The van der Waals surface area contributed by atoms with Crippen molar-refractivity contribution in [2.75, 3.05) is 6.26 Å². The van der Waals surface area contributed by atoms with Gasteiger partial charge in [-0.2, -0.15) is 0 Å². The van der Waals surface area contributed by atoms with Gasteiger partial charge in [-0.3, -0.25) is 0 Å². The van der Waals surface area contributed by atoms with Crippen LogP contribution in [0.1, 0.15) is 21.3 Å². The van der Waals surface area contributed by atoms with Crippen molar-refractivity contribution in [1.82, 2.24) is 0 Å². The second-order valence-corrected chi connectivity index (χ2v) is 5.34. The summed E-state index contributed by atoms with van der Waals surface area (Å²) >= 11 is 0. The Morgan fingerprint density at radius 2 is 1.80 bits per heavy atom. The van der Waals surface area contributed by atoms with E-state index in [1.165, 1.54) is 24.3 Å². The molecule has 0 saturated carbocycles. The number of hydrogen-bond acceptors (Lipinski definition) is 4. The first-order valence-corrected chi connectivity index (χ1v) is 6.05. The van der Waals surface area contributed by atoms with Crippen LogP contribution < -0.4 is 5.73 Å². The third-order valence-corrected chi connectivity index (χ3v) is 3.14. The summed E-state index contributed by atoms with van der Waals surface area (Å²) in [5.41, 5.74) is 5.94. The van der Waals surface area contributed by atoms with E-state index in [-0.39, 0.29) is 5.56 Å². The minimum atomic E-state index is -3.36. The fourth-order valence-corrected chi connectivity index (χ4v) is 1.71. The Balaban J connectivity index is 3.05. The zero-order chi connectivity index (χ0) is 11.6. The fourth-order valence-electron chi connectivity index (χ4n) is 1.06. The molecule has 1 atom stereocenters. The van der Waals surface area contributed by atoms with Crippen LogP contribution in [0.4, 0.5) is 0 Å². The van der Waals surface area contributed by atoms with Crippen LogP contribution in [0.3, 0.4) is 0 Å². The number of aromatic carboxylic acids is 1. The van der Waals surface area contributed by atoms with Gasteiger partial charge in [0.15, 0.2) is 9.84 Å². The third kappa shape index (κ3) is 2.77. The van der Waals surface area contributed by atoms with Gasteiger partial charge in [0.25, 0.3) is 0 Å². The lowest BCUT2D eigenvalue weighted by molar-refractivity contribution is 0.0697. The predicted molar refractivity (Wildman–Crippen MR) is 55.2 cm³/mol. The SMILES string of the molecule is CS(=O)(=O)C(N)c1ccc(C(=O)O)cc1. The molecule has 6 heteroatoms. The van der Waals surface area contributed by atoms with E-state index in [1.807, 2.05) is 0 Å². The van der Waals surface area contributed by atoms with E-state index in [0.29, 0.717) is 5.56 Å². The van der Waals surface area contributed by atoms with Gasteiger partial charge < -0.3 is 10.8 Å². The summed E-state index contributed by atoms with van der Waals surface area (Å²) in [6.45, 7) is 0. The summed E-state index contributed by atoms with van der Waals surface area (Å²) in [4.78, 5) is 10.5. The lowest BCUT2D eigenvalue weighted by Gasteiger charge is -2.09. The van der Waals surface area contributed by atoms with Gasteiger partial charge in [-0.05, 0) is 17.7 Å². The maximum Gasteiger partial charge on any atom is 0.335 e. The molecular formula is C9H11NO4S. The van der Waals surface area contributed by atoms with E-state index >= 15 is 0 Å².